The van der Waals surface area contributed by atoms with Crippen molar-refractivity contribution in [2.24, 2.45) is 5.73 Å². The molecule has 1 rings (SSSR count). The molecule has 1 aromatic rings. The van der Waals surface area contributed by atoms with Gasteiger partial charge in [0.25, 0.3) is 6.43 Å². The summed E-state index contributed by atoms with van der Waals surface area (Å²) >= 11 is 0. The summed E-state index contributed by atoms with van der Waals surface area (Å²) in [6.07, 6.45) is -2.93. The average molecular weight is 240 g/mol. The quantitative estimate of drug-likeness (QED) is 0.816. The first-order valence-electron chi connectivity index (χ1n) is 4.68. The molecule has 0 aliphatic heterocycles. The third kappa shape index (κ3) is 2.57. The summed E-state index contributed by atoms with van der Waals surface area (Å²) in [6.45, 7) is 0.0438. The number of hydrogen-bond donors (Lipinski definition) is 1. The van der Waals surface area contributed by atoms with Gasteiger partial charge in [-0.3, -0.25) is 0 Å². The Morgan fingerprint density at radius 3 is 2.65 bits per heavy atom. The average Bonchev–Trinajstić information content (AvgIpc) is 2.35. The van der Waals surface area contributed by atoms with Crippen LogP contribution in [0.25, 0.3) is 0 Å². The molecule has 1 aromatic carbocycles. The van der Waals surface area contributed by atoms with Gasteiger partial charge in [-0.2, -0.15) is 5.26 Å². The summed E-state index contributed by atoms with van der Waals surface area (Å²) in [5.41, 5.74) is 4.59. The fourth-order valence-corrected chi connectivity index (χ4v) is 1.44. The number of nitrogens with two attached hydrogens (primary N) is 1. The lowest BCUT2D eigenvalue weighted by Gasteiger charge is -2.11. The maximum atomic E-state index is 12.8. The molecule has 0 saturated heterocycles. The Morgan fingerprint density at radius 2 is 2.24 bits per heavy atom. The van der Waals surface area contributed by atoms with Crippen LogP contribution in [-0.4, -0.2) is 13.1 Å². The topological polar surface area (TPSA) is 76.1 Å². The van der Waals surface area contributed by atoms with Crippen LogP contribution in [0.2, 0.25) is 0 Å². The summed E-state index contributed by atoms with van der Waals surface area (Å²) in [5, 5.41) is 8.79. The summed E-state index contributed by atoms with van der Waals surface area (Å²) in [5.74, 6) is -0.910. The maximum Gasteiger partial charge on any atom is 0.338 e. The highest BCUT2D eigenvalue weighted by molar-refractivity contribution is 5.92. The van der Waals surface area contributed by atoms with E-state index in [0.717, 1.165) is 7.11 Å². The van der Waals surface area contributed by atoms with Crippen LogP contribution in [0.4, 0.5) is 8.78 Å². The van der Waals surface area contributed by atoms with Crippen molar-refractivity contribution < 1.29 is 18.3 Å². The summed E-state index contributed by atoms with van der Waals surface area (Å²) in [7, 11) is 1.08. The molecule has 0 aliphatic carbocycles. The molecule has 0 atom stereocenters. The Kier molecular flexibility index (Phi) is 4.12. The van der Waals surface area contributed by atoms with Gasteiger partial charge in [0.15, 0.2) is 0 Å². The Labute approximate surface area is 96.6 Å². The van der Waals surface area contributed by atoms with Crippen molar-refractivity contribution in [1.29, 1.82) is 5.26 Å². The molecule has 0 bridgehead atoms. The molecule has 6 heteroatoms. The van der Waals surface area contributed by atoms with E-state index in [2.05, 4.69) is 4.74 Å². The Balaban J connectivity index is 3.53. The zero-order chi connectivity index (χ0) is 13.0. The van der Waals surface area contributed by atoms with Crippen molar-refractivity contribution in [2.75, 3.05) is 7.11 Å². The SMILES string of the molecule is COC(=O)c1cc(CN)cc(C#N)c1C(F)F. The molecule has 0 saturated carbocycles. The van der Waals surface area contributed by atoms with E-state index in [1.165, 1.54) is 12.1 Å². The van der Waals surface area contributed by atoms with E-state index < -0.39 is 18.0 Å². The highest BCUT2D eigenvalue weighted by Crippen LogP contribution is 2.28. The van der Waals surface area contributed by atoms with Crippen LogP contribution in [0.1, 0.15) is 33.5 Å². The molecule has 2 N–H and O–H groups in total. The van der Waals surface area contributed by atoms with Crippen LogP contribution in [0.15, 0.2) is 12.1 Å². The van der Waals surface area contributed by atoms with Crippen LogP contribution < -0.4 is 5.73 Å². The van der Waals surface area contributed by atoms with Crippen LogP contribution in [0.3, 0.4) is 0 Å². The van der Waals surface area contributed by atoms with Crippen LogP contribution >= 0.6 is 0 Å². The number of carbonyl (C=O) groups excluding carboxylic acids is 1. The molecule has 0 amide bonds. The van der Waals surface area contributed by atoms with E-state index in [1.54, 1.807) is 6.07 Å². The van der Waals surface area contributed by atoms with Gasteiger partial charge in [0, 0.05) is 12.1 Å². The van der Waals surface area contributed by atoms with Crippen molar-refractivity contribution in [3.8, 4) is 6.07 Å². The minimum atomic E-state index is -2.93. The highest BCUT2D eigenvalue weighted by Gasteiger charge is 2.23. The van der Waals surface area contributed by atoms with Gasteiger partial charge in [-0.25, -0.2) is 13.6 Å². The molecular weight excluding hydrogens is 230 g/mol. The van der Waals surface area contributed by atoms with E-state index >= 15 is 0 Å². The molecule has 0 aliphatic rings. The smallest absolute Gasteiger partial charge is 0.338 e. The van der Waals surface area contributed by atoms with E-state index in [1.807, 2.05) is 0 Å². The zero-order valence-corrected chi connectivity index (χ0v) is 9.04. The largest absolute Gasteiger partial charge is 0.465 e. The third-order valence-corrected chi connectivity index (χ3v) is 2.22. The number of nitriles is 1. The van der Waals surface area contributed by atoms with Crippen LogP contribution in [0, 0.1) is 11.3 Å². The molecule has 0 radical (unpaired) electrons. The molecule has 0 unspecified atom stereocenters. The van der Waals surface area contributed by atoms with Gasteiger partial charge < -0.3 is 10.5 Å². The van der Waals surface area contributed by atoms with Crippen molar-refractivity contribution in [3.63, 3.8) is 0 Å². The van der Waals surface area contributed by atoms with Gasteiger partial charge in [0.1, 0.15) is 0 Å². The van der Waals surface area contributed by atoms with E-state index in [0.29, 0.717) is 5.56 Å². The molecular formula is C11H10F2N2O2. The van der Waals surface area contributed by atoms with Gasteiger partial charge in [-0.05, 0) is 17.7 Å². The number of carbonyl (C=O) groups is 1. The lowest BCUT2D eigenvalue weighted by Crippen LogP contribution is -2.10. The second-order valence-electron chi connectivity index (χ2n) is 3.21. The highest BCUT2D eigenvalue weighted by atomic mass is 19.3. The van der Waals surface area contributed by atoms with Crippen molar-refractivity contribution >= 4 is 5.97 Å². The van der Waals surface area contributed by atoms with Gasteiger partial charge in [0.2, 0.25) is 0 Å². The summed E-state index contributed by atoms with van der Waals surface area (Å²) < 4.78 is 30.0. The Hall–Kier alpha value is -2.00. The molecule has 0 aromatic heterocycles. The predicted octanol–water partition coefficient (Wildman–Crippen LogP) is 1.74. The van der Waals surface area contributed by atoms with E-state index in [9.17, 15) is 13.6 Å². The zero-order valence-electron chi connectivity index (χ0n) is 9.04. The number of nitrogens with zero attached hydrogens (tertiary/aromatic N) is 1. The molecule has 17 heavy (non-hydrogen) atoms. The summed E-state index contributed by atoms with van der Waals surface area (Å²) in [4.78, 5) is 11.4. The number of halogens is 2. The molecule has 0 fully saturated rings. The maximum absolute atomic E-state index is 12.8. The first-order chi connectivity index (χ1) is 8.04. The number of benzene rings is 1. The second-order valence-corrected chi connectivity index (χ2v) is 3.21. The Morgan fingerprint density at radius 1 is 1.59 bits per heavy atom. The number of methoxy groups -OCH3 is 1. The van der Waals surface area contributed by atoms with Crippen molar-refractivity contribution in [3.05, 3.63) is 34.4 Å². The van der Waals surface area contributed by atoms with Crippen molar-refractivity contribution in [1.82, 2.24) is 0 Å². The predicted molar refractivity (Wildman–Crippen MR) is 55.3 cm³/mol. The number of hydrogen-bond acceptors (Lipinski definition) is 4. The van der Waals surface area contributed by atoms with Gasteiger partial charge >= 0.3 is 5.97 Å². The monoisotopic (exact) mass is 240 g/mol. The fourth-order valence-electron chi connectivity index (χ4n) is 1.44. The Bertz CT molecular complexity index is 481. The minimum Gasteiger partial charge on any atom is -0.465 e. The molecule has 4 nitrogen and oxygen atoms in total. The number of alkyl halides is 2. The fraction of sp³-hybridized carbons (Fsp3) is 0.273. The van der Waals surface area contributed by atoms with Crippen LogP contribution in [0.5, 0.6) is 0 Å². The first kappa shape index (κ1) is 13.1. The van der Waals surface area contributed by atoms with Gasteiger partial charge in [-0.1, -0.05) is 0 Å². The van der Waals surface area contributed by atoms with E-state index in [-0.39, 0.29) is 17.7 Å². The first-order valence-corrected chi connectivity index (χ1v) is 4.68. The van der Waals surface area contributed by atoms with Crippen molar-refractivity contribution in [2.45, 2.75) is 13.0 Å². The lowest BCUT2D eigenvalue weighted by atomic mass is 9.98. The lowest BCUT2D eigenvalue weighted by molar-refractivity contribution is 0.0589. The molecule has 0 spiro atoms. The second kappa shape index (κ2) is 5.37. The standard InChI is InChI=1S/C11H10F2N2O2/c1-17-11(16)8-3-6(4-14)2-7(5-15)9(8)10(12)13/h2-3,10H,4,14H2,1H3. The minimum absolute atomic E-state index is 0.0438. The third-order valence-electron chi connectivity index (χ3n) is 2.22. The van der Waals surface area contributed by atoms with Gasteiger partial charge in [-0.15, -0.1) is 0 Å². The van der Waals surface area contributed by atoms with E-state index in [4.69, 9.17) is 11.0 Å². The van der Waals surface area contributed by atoms with Gasteiger partial charge in [0.05, 0.1) is 24.3 Å². The number of ether oxygens (including phenoxy) is 1. The number of rotatable bonds is 3. The molecule has 90 valence electrons. The number of esters is 1. The summed E-state index contributed by atoms with van der Waals surface area (Å²) in [6, 6.07) is 4.09. The normalized spacial score (nSPS) is 10.1. The van der Waals surface area contributed by atoms with Crippen LogP contribution in [-0.2, 0) is 11.3 Å². The molecule has 0 heterocycles.